The Labute approximate surface area is 54.8 Å². The van der Waals surface area contributed by atoms with Crippen molar-refractivity contribution in [3.63, 3.8) is 0 Å². The molecule has 0 radical (unpaired) electrons. The zero-order valence-electron chi connectivity index (χ0n) is 5.57. The van der Waals surface area contributed by atoms with Gasteiger partial charge in [0.2, 0.25) is 7.44 Å². The van der Waals surface area contributed by atoms with Crippen LogP contribution in [0.25, 0.3) is 0 Å². The molecule has 0 saturated heterocycles. The highest BCUT2D eigenvalue weighted by Crippen LogP contribution is 2.48. The van der Waals surface area contributed by atoms with Crippen LogP contribution in [0.2, 0.25) is 0 Å². The first-order valence-corrected chi connectivity index (χ1v) is 7.23. The third-order valence-electron chi connectivity index (χ3n) is 0.562. The van der Waals surface area contributed by atoms with Crippen molar-refractivity contribution in [3.05, 3.63) is 0 Å². The molecule has 0 aromatic rings. The highest BCUT2D eigenvalue weighted by atomic mass is 31.2. The summed E-state index contributed by atoms with van der Waals surface area (Å²) in [5.74, 6) is -0.0417. The van der Waals surface area contributed by atoms with E-state index in [9.17, 15) is 9.13 Å². The summed E-state index contributed by atoms with van der Waals surface area (Å²) in [5, 5.41) is 0. The zero-order chi connectivity index (χ0) is 7.71. The van der Waals surface area contributed by atoms with Crippen molar-refractivity contribution in [2.75, 3.05) is 19.2 Å². The molecule has 0 aromatic heterocycles. The number of nitrogens with two attached hydrogens (primary N) is 2. The van der Waals surface area contributed by atoms with Gasteiger partial charge >= 0.3 is 0 Å². The first-order chi connectivity index (χ1) is 3.71. The average molecular weight is 170 g/mol. The summed E-state index contributed by atoms with van der Waals surface area (Å²) in [5.41, 5.74) is 9.97. The van der Waals surface area contributed by atoms with Crippen LogP contribution in [0.15, 0.2) is 0 Å². The lowest BCUT2D eigenvalue weighted by molar-refractivity contribution is 0.573. The Bertz CT molecular complexity index is 158. The van der Waals surface area contributed by atoms with Crippen molar-refractivity contribution >= 4 is 14.6 Å². The molecule has 0 amide bonds. The molecule has 0 fully saturated rings. The molecule has 0 heterocycles. The molecular formula is C3H12N2O2P2. The van der Waals surface area contributed by atoms with E-state index in [1.807, 2.05) is 0 Å². The minimum Gasteiger partial charge on any atom is -0.324 e. The van der Waals surface area contributed by atoms with Crippen LogP contribution in [-0.2, 0) is 9.13 Å². The summed E-state index contributed by atoms with van der Waals surface area (Å²) in [6.45, 7) is 3.03. The molecule has 0 rings (SSSR count). The quantitative estimate of drug-likeness (QED) is 0.596. The largest absolute Gasteiger partial charge is 0.324 e. The van der Waals surface area contributed by atoms with Gasteiger partial charge in [-0.15, -0.1) is 0 Å². The maximum absolute atomic E-state index is 10.9. The summed E-state index contributed by atoms with van der Waals surface area (Å²) >= 11 is 0. The van der Waals surface area contributed by atoms with Crippen LogP contribution >= 0.6 is 14.6 Å². The highest BCUT2D eigenvalue weighted by molar-refractivity contribution is 7.77. The number of hydrogen-bond acceptors (Lipinski definition) is 2. The van der Waals surface area contributed by atoms with Crippen molar-refractivity contribution in [1.82, 2.24) is 0 Å². The zero-order valence-corrected chi connectivity index (χ0v) is 7.36. The van der Waals surface area contributed by atoms with Crippen LogP contribution in [0.5, 0.6) is 0 Å². The smallest absolute Gasteiger partial charge is 0.213 e. The minimum atomic E-state index is -3.05. The van der Waals surface area contributed by atoms with Gasteiger partial charge in [-0.1, -0.05) is 0 Å². The average Bonchev–Trinajstić information content (AvgIpc) is 1.14. The Kier molecular flexibility index (Phi) is 2.66. The van der Waals surface area contributed by atoms with Crippen molar-refractivity contribution < 1.29 is 9.13 Å². The molecule has 4 nitrogen and oxygen atoms in total. The van der Waals surface area contributed by atoms with Crippen LogP contribution < -0.4 is 11.0 Å². The Morgan fingerprint density at radius 2 is 1.56 bits per heavy atom. The van der Waals surface area contributed by atoms with E-state index in [2.05, 4.69) is 0 Å². The summed E-state index contributed by atoms with van der Waals surface area (Å²) in [6, 6.07) is 0. The van der Waals surface area contributed by atoms with E-state index in [-0.39, 0.29) is 5.90 Å². The molecule has 0 aliphatic carbocycles. The van der Waals surface area contributed by atoms with E-state index in [0.717, 1.165) is 0 Å². The third kappa shape index (κ3) is 8.38. The van der Waals surface area contributed by atoms with E-state index in [1.54, 1.807) is 0 Å². The van der Waals surface area contributed by atoms with Gasteiger partial charge in [-0.25, -0.2) is 0 Å². The molecule has 4 N–H and O–H groups in total. The van der Waals surface area contributed by atoms with Crippen molar-refractivity contribution in [2.45, 2.75) is 0 Å². The molecule has 0 spiro atoms. The molecule has 0 aliphatic heterocycles. The SMILES string of the molecule is CP(C)(=O)CP(N)(N)=O. The van der Waals surface area contributed by atoms with Gasteiger partial charge in [0.1, 0.15) is 0 Å². The second kappa shape index (κ2) is 2.55. The molecule has 0 saturated carbocycles. The molecule has 6 heteroatoms. The Morgan fingerprint density at radius 3 is 1.56 bits per heavy atom. The molecular weight excluding hydrogens is 158 g/mol. The van der Waals surface area contributed by atoms with Gasteiger partial charge in [0, 0.05) is 0 Å². The summed E-state index contributed by atoms with van der Waals surface area (Å²) in [7, 11) is -5.35. The van der Waals surface area contributed by atoms with Crippen LogP contribution in [-0.4, -0.2) is 19.2 Å². The predicted molar refractivity (Wildman–Crippen MR) is 40.3 cm³/mol. The van der Waals surface area contributed by atoms with Crippen molar-refractivity contribution in [2.24, 2.45) is 11.0 Å². The maximum atomic E-state index is 10.9. The Morgan fingerprint density at radius 1 is 1.22 bits per heavy atom. The lowest BCUT2D eigenvalue weighted by Crippen LogP contribution is -2.08. The topological polar surface area (TPSA) is 86.2 Å². The van der Waals surface area contributed by atoms with Crippen LogP contribution in [0.4, 0.5) is 0 Å². The lowest BCUT2D eigenvalue weighted by Gasteiger charge is -2.08. The van der Waals surface area contributed by atoms with E-state index < -0.39 is 14.6 Å². The minimum absolute atomic E-state index is 0.0417. The van der Waals surface area contributed by atoms with E-state index in [4.69, 9.17) is 11.0 Å². The first kappa shape index (κ1) is 9.38. The second-order valence-electron chi connectivity index (χ2n) is 2.57. The van der Waals surface area contributed by atoms with Gasteiger partial charge < -0.3 is 4.57 Å². The second-order valence-corrected chi connectivity index (χ2v) is 8.56. The summed E-state index contributed by atoms with van der Waals surface area (Å²) in [6.07, 6.45) is 0. The van der Waals surface area contributed by atoms with Gasteiger partial charge in [0.25, 0.3) is 0 Å². The predicted octanol–water partition coefficient (Wildman–Crippen LogP) is 0.677. The van der Waals surface area contributed by atoms with Gasteiger partial charge in [0.05, 0.1) is 13.0 Å². The molecule has 0 bridgehead atoms. The van der Waals surface area contributed by atoms with Gasteiger partial charge in [-0.05, 0) is 13.3 Å². The van der Waals surface area contributed by atoms with Gasteiger partial charge in [-0.2, -0.15) is 0 Å². The van der Waals surface area contributed by atoms with Gasteiger partial charge in [0.15, 0.2) is 0 Å². The number of rotatable bonds is 2. The normalized spacial score (nSPS) is 13.8. The van der Waals surface area contributed by atoms with Crippen LogP contribution in [0.3, 0.4) is 0 Å². The van der Waals surface area contributed by atoms with Crippen LogP contribution in [0.1, 0.15) is 0 Å². The fourth-order valence-electron chi connectivity index (χ4n) is 0.532. The molecule has 0 aliphatic rings. The standard InChI is InChI=1S/C3H12N2O2P2/c1-8(2,6)3-9(4,5)7/h3H2,1-2H3,(H4,4,5,7). The Hall–Kier alpha value is 0.380. The molecule has 0 atom stereocenters. The summed E-state index contributed by atoms with van der Waals surface area (Å²) < 4.78 is 21.5. The van der Waals surface area contributed by atoms with Crippen molar-refractivity contribution in [3.8, 4) is 0 Å². The summed E-state index contributed by atoms with van der Waals surface area (Å²) in [4.78, 5) is 0. The molecule has 0 unspecified atom stereocenters. The Balaban J connectivity index is 4.07. The van der Waals surface area contributed by atoms with E-state index in [0.29, 0.717) is 0 Å². The first-order valence-electron chi connectivity index (χ1n) is 2.41. The third-order valence-corrected chi connectivity index (χ3v) is 5.05. The molecule has 56 valence electrons. The van der Waals surface area contributed by atoms with E-state index in [1.165, 1.54) is 13.3 Å². The fourth-order valence-corrected chi connectivity index (χ4v) is 4.79. The van der Waals surface area contributed by atoms with Crippen molar-refractivity contribution in [1.29, 1.82) is 0 Å². The van der Waals surface area contributed by atoms with Gasteiger partial charge in [-0.3, -0.25) is 15.6 Å². The lowest BCUT2D eigenvalue weighted by atomic mass is 11.8. The number of hydrogen-bond donors (Lipinski definition) is 2. The highest BCUT2D eigenvalue weighted by Gasteiger charge is 2.18. The van der Waals surface area contributed by atoms with E-state index >= 15 is 0 Å². The molecule has 9 heavy (non-hydrogen) atoms. The molecule has 0 aromatic carbocycles. The monoisotopic (exact) mass is 170 g/mol. The fraction of sp³-hybridized carbons (Fsp3) is 1.00. The maximum Gasteiger partial charge on any atom is 0.213 e. The van der Waals surface area contributed by atoms with Crippen LogP contribution in [0, 0.1) is 0 Å².